The third-order valence-electron chi connectivity index (χ3n) is 4.03. The summed E-state index contributed by atoms with van der Waals surface area (Å²) in [4.78, 5) is 30.8. The van der Waals surface area contributed by atoms with E-state index in [9.17, 15) is 14.0 Å². The van der Waals surface area contributed by atoms with Crippen LogP contribution in [0.1, 0.15) is 4.88 Å². The van der Waals surface area contributed by atoms with Gasteiger partial charge < -0.3 is 0 Å². The Bertz CT molecular complexity index is 1170. The Hall–Kier alpha value is -3.32. The Balaban J connectivity index is 1.82. The molecule has 4 rings (SSSR count). The van der Waals surface area contributed by atoms with E-state index in [0.29, 0.717) is 16.5 Å². The zero-order valence-electron chi connectivity index (χ0n) is 14.1. The molecule has 2 heterocycles. The lowest BCUT2D eigenvalue weighted by Gasteiger charge is -2.14. The van der Waals surface area contributed by atoms with Crippen LogP contribution < -0.4 is 11.0 Å². The lowest BCUT2D eigenvalue weighted by Crippen LogP contribution is -2.35. The molecular weight excluding hydrogens is 365 g/mol. The van der Waals surface area contributed by atoms with Crippen molar-refractivity contribution in [1.82, 2.24) is 9.66 Å². The number of halogens is 1. The normalized spacial score (nSPS) is 10.9. The zero-order valence-corrected chi connectivity index (χ0v) is 14.9. The second-order valence-corrected chi connectivity index (χ2v) is 6.92. The van der Waals surface area contributed by atoms with Gasteiger partial charge >= 0.3 is 0 Å². The van der Waals surface area contributed by atoms with Crippen LogP contribution in [0.4, 0.5) is 4.39 Å². The van der Waals surface area contributed by atoms with Gasteiger partial charge in [0.05, 0.1) is 17.3 Å². The second-order valence-electron chi connectivity index (χ2n) is 5.89. The fourth-order valence-electron chi connectivity index (χ4n) is 2.76. The van der Waals surface area contributed by atoms with Crippen LogP contribution in [-0.4, -0.2) is 15.6 Å². The van der Waals surface area contributed by atoms with E-state index in [2.05, 4.69) is 10.4 Å². The van der Waals surface area contributed by atoms with E-state index in [1.54, 1.807) is 24.3 Å². The van der Waals surface area contributed by atoms with Crippen molar-refractivity contribution in [2.24, 2.45) is 0 Å². The standard InChI is InChI=1S/C20H14FN3O2S/c21-14-9-7-13(8-10-14)19-22-17-6-2-1-5-16(17)20(26)24(19)23-18(25)12-15-4-3-11-27-15/h1-11H,12H2,(H,23,25). The number of para-hydroxylation sites is 1. The highest BCUT2D eigenvalue weighted by atomic mass is 32.1. The molecule has 1 amide bonds. The van der Waals surface area contributed by atoms with Crippen LogP contribution in [0.25, 0.3) is 22.3 Å². The molecule has 0 spiro atoms. The highest BCUT2D eigenvalue weighted by Crippen LogP contribution is 2.19. The predicted octanol–water partition coefficient (Wildman–Crippen LogP) is 3.58. The van der Waals surface area contributed by atoms with Gasteiger partial charge in [-0.3, -0.25) is 15.0 Å². The number of carbonyl (C=O) groups is 1. The molecular formula is C20H14FN3O2S. The number of aromatic nitrogens is 2. The first-order valence-electron chi connectivity index (χ1n) is 8.22. The van der Waals surface area contributed by atoms with Crippen molar-refractivity contribution in [2.75, 3.05) is 5.43 Å². The molecule has 27 heavy (non-hydrogen) atoms. The maximum absolute atomic E-state index is 13.3. The molecule has 4 aromatic rings. The van der Waals surface area contributed by atoms with Crippen molar-refractivity contribution >= 4 is 28.1 Å². The number of benzene rings is 2. The SMILES string of the molecule is O=C(Cc1cccs1)Nn1c(-c2ccc(F)cc2)nc2ccccc2c1=O. The number of nitrogens with zero attached hydrogens (tertiary/aromatic N) is 2. The van der Waals surface area contributed by atoms with E-state index in [-0.39, 0.29) is 23.7 Å². The summed E-state index contributed by atoms with van der Waals surface area (Å²) < 4.78 is 14.4. The Morgan fingerprint density at radius 1 is 1.07 bits per heavy atom. The smallest absolute Gasteiger partial charge is 0.273 e. The molecule has 7 heteroatoms. The quantitative estimate of drug-likeness (QED) is 0.590. The van der Waals surface area contributed by atoms with Crippen molar-refractivity contribution in [1.29, 1.82) is 0 Å². The molecule has 0 saturated carbocycles. The summed E-state index contributed by atoms with van der Waals surface area (Å²) >= 11 is 1.47. The third kappa shape index (κ3) is 3.50. The lowest BCUT2D eigenvalue weighted by molar-refractivity contribution is -0.116. The summed E-state index contributed by atoms with van der Waals surface area (Å²) in [5, 5.41) is 2.27. The molecule has 0 fully saturated rings. The summed E-state index contributed by atoms with van der Waals surface area (Å²) in [6.07, 6.45) is 0.153. The van der Waals surface area contributed by atoms with Gasteiger partial charge in [0, 0.05) is 10.4 Å². The van der Waals surface area contributed by atoms with Crippen LogP contribution >= 0.6 is 11.3 Å². The lowest BCUT2D eigenvalue weighted by atomic mass is 10.2. The summed E-state index contributed by atoms with van der Waals surface area (Å²) in [5.74, 6) is -0.478. The molecule has 5 nitrogen and oxygen atoms in total. The second kappa shape index (κ2) is 7.13. The first-order valence-corrected chi connectivity index (χ1v) is 9.10. The van der Waals surface area contributed by atoms with Crippen molar-refractivity contribution in [3.8, 4) is 11.4 Å². The van der Waals surface area contributed by atoms with Crippen LogP contribution in [0, 0.1) is 5.82 Å². The molecule has 0 saturated heterocycles. The van der Waals surface area contributed by atoms with Gasteiger partial charge in [0.2, 0.25) is 5.91 Å². The van der Waals surface area contributed by atoms with E-state index >= 15 is 0 Å². The first kappa shape index (κ1) is 17.1. The zero-order chi connectivity index (χ0) is 18.8. The van der Waals surface area contributed by atoms with E-state index in [1.807, 2.05) is 17.5 Å². The minimum atomic E-state index is -0.393. The van der Waals surface area contributed by atoms with Gasteiger partial charge in [-0.05, 0) is 47.8 Å². The number of fused-ring (bicyclic) bond motifs is 1. The molecule has 0 bridgehead atoms. The highest BCUT2D eigenvalue weighted by Gasteiger charge is 2.15. The fraction of sp³-hybridized carbons (Fsp3) is 0.0500. The number of carbonyl (C=O) groups excluding carboxylic acids is 1. The largest absolute Gasteiger partial charge is 0.280 e. The maximum atomic E-state index is 13.3. The van der Waals surface area contributed by atoms with Gasteiger partial charge in [0.1, 0.15) is 5.82 Å². The molecule has 0 aliphatic carbocycles. The first-order chi connectivity index (χ1) is 13.1. The maximum Gasteiger partial charge on any atom is 0.280 e. The molecule has 2 aromatic heterocycles. The van der Waals surface area contributed by atoms with Gasteiger partial charge in [-0.2, -0.15) is 4.68 Å². The van der Waals surface area contributed by atoms with Crippen LogP contribution in [0.2, 0.25) is 0 Å². The van der Waals surface area contributed by atoms with Crippen molar-refractivity contribution in [3.63, 3.8) is 0 Å². The Kier molecular flexibility index (Phi) is 4.52. The highest BCUT2D eigenvalue weighted by molar-refractivity contribution is 7.10. The van der Waals surface area contributed by atoms with Crippen LogP contribution in [-0.2, 0) is 11.2 Å². The molecule has 134 valence electrons. The number of hydrogen-bond donors (Lipinski definition) is 1. The molecule has 0 radical (unpaired) electrons. The number of hydrogen-bond acceptors (Lipinski definition) is 4. The van der Waals surface area contributed by atoms with Gasteiger partial charge in [0.15, 0.2) is 5.82 Å². The number of rotatable bonds is 4. The summed E-state index contributed by atoms with van der Waals surface area (Å²) in [6.45, 7) is 0. The monoisotopic (exact) mass is 379 g/mol. The minimum Gasteiger partial charge on any atom is -0.273 e. The fourth-order valence-corrected chi connectivity index (χ4v) is 3.47. The Labute approximate surface area is 157 Å². The average Bonchev–Trinajstić information content (AvgIpc) is 3.17. The topological polar surface area (TPSA) is 64.0 Å². The molecule has 0 atom stereocenters. The van der Waals surface area contributed by atoms with Crippen LogP contribution in [0.5, 0.6) is 0 Å². The third-order valence-corrected chi connectivity index (χ3v) is 4.91. The summed E-state index contributed by atoms with van der Waals surface area (Å²) in [6, 6.07) is 16.2. The summed E-state index contributed by atoms with van der Waals surface area (Å²) in [5.41, 5.74) is 3.28. The van der Waals surface area contributed by atoms with Crippen LogP contribution in [0.3, 0.4) is 0 Å². The van der Waals surface area contributed by atoms with Gasteiger partial charge in [0.25, 0.3) is 5.56 Å². The molecule has 2 aromatic carbocycles. The van der Waals surface area contributed by atoms with E-state index in [4.69, 9.17) is 0 Å². The van der Waals surface area contributed by atoms with Crippen molar-refractivity contribution in [3.05, 3.63) is 87.1 Å². The van der Waals surface area contributed by atoms with Gasteiger partial charge in [-0.25, -0.2) is 9.37 Å². The predicted molar refractivity (Wildman–Crippen MR) is 104 cm³/mol. The number of nitrogens with one attached hydrogen (secondary N) is 1. The van der Waals surface area contributed by atoms with Crippen molar-refractivity contribution in [2.45, 2.75) is 6.42 Å². The van der Waals surface area contributed by atoms with Gasteiger partial charge in [-0.1, -0.05) is 18.2 Å². The number of amides is 1. The molecule has 1 N–H and O–H groups in total. The van der Waals surface area contributed by atoms with Gasteiger partial charge in [-0.15, -0.1) is 11.3 Å². The van der Waals surface area contributed by atoms with Crippen LogP contribution in [0.15, 0.2) is 70.8 Å². The van der Waals surface area contributed by atoms with E-state index in [0.717, 1.165) is 9.55 Å². The van der Waals surface area contributed by atoms with E-state index in [1.165, 1.54) is 35.6 Å². The molecule has 0 aliphatic heterocycles. The summed E-state index contributed by atoms with van der Waals surface area (Å²) in [7, 11) is 0. The Morgan fingerprint density at radius 3 is 2.59 bits per heavy atom. The molecule has 0 aliphatic rings. The minimum absolute atomic E-state index is 0.153. The van der Waals surface area contributed by atoms with E-state index < -0.39 is 5.82 Å². The molecule has 0 unspecified atom stereocenters. The van der Waals surface area contributed by atoms with Crippen molar-refractivity contribution < 1.29 is 9.18 Å². The number of thiophene rings is 1. The Morgan fingerprint density at radius 2 is 1.85 bits per heavy atom. The average molecular weight is 379 g/mol.